The molecule has 0 saturated heterocycles. The molecule has 20 heavy (non-hydrogen) atoms. The number of benzene rings is 2. The second-order valence-electron chi connectivity index (χ2n) is 4.94. The minimum Gasteiger partial charge on any atom is -0.335 e. The van der Waals surface area contributed by atoms with Crippen LogP contribution in [0.15, 0.2) is 53.0 Å². The van der Waals surface area contributed by atoms with Crippen molar-refractivity contribution in [3.05, 3.63) is 69.7 Å². The van der Waals surface area contributed by atoms with Gasteiger partial charge in [-0.25, -0.2) is 0 Å². The third kappa shape index (κ3) is 2.93. The quantitative estimate of drug-likeness (QED) is 0.805. The van der Waals surface area contributed by atoms with Gasteiger partial charge in [0.25, 0.3) is 5.91 Å². The summed E-state index contributed by atoms with van der Waals surface area (Å²) in [4.78, 5) is 14.4. The van der Waals surface area contributed by atoms with Crippen LogP contribution < -0.4 is 0 Å². The Bertz CT molecular complexity index is 610. The van der Waals surface area contributed by atoms with Gasteiger partial charge in [0.2, 0.25) is 0 Å². The summed E-state index contributed by atoms with van der Waals surface area (Å²) < 4.78 is 0.872. The van der Waals surface area contributed by atoms with Gasteiger partial charge in [-0.2, -0.15) is 0 Å². The summed E-state index contributed by atoms with van der Waals surface area (Å²) >= 11 is 3.51. The van der Waals surface area contributed by atoms with Crippen molar-refractivity contribution in [2.24, 2.45) is 0 Å². The highest BCUT2D eigenvalue weighted by atomic mass is 79.9. The molecule has 0 aliphatic carbocycles. The number of hydrogen-bond acceptors (Lipinski definition) is 1. The lowest BCUT2D eigenvalue weighted by Crippen LogP contribution is -2.30. The standard InChI is InChI=1S/C17H18BrNO/c1-12-8-7-11-15(16(12)18)17(20)19(3)13(2)14-9-5-4-6-10-14/h4-11,13H,1-3H3. The fourth-order valence-electron chi connectivity index (χ4n) is 2.13. The monoisotopic (exact) mass is 331 g/mol. The van der Waals surface area contributed by atoms with Crippen LogP contribution in [0.25, 0.3) is 0 Å². The van der Waals surface area contributed by atoms with Gasteiger partial charge in [-0.15, -0.1) is 0 Å². The molecule has 0 N–H and O–H groups in total. The van der Waals surface area contributed by atoms with Crippen molar-refractivity contribution in [1.82, 2.24) is 4.90 Å². The van der Waals surface area contributed by atoms with Gasteiger partial charge in [-0.1, -0.05) is 42.5 Å². The Hall–Kier alpha value is -1.61. The lowest BCUT2D eigenvalue weighted by atomic mass is 10.1. The molecular weight excluding hydrogens is 314 g/mol. The molecule has 1 atom stereocenters. The predicted molar refractivity (Wildman–Crippen MR) is 85.8 cm³/mol. The maximum atomic E-state index is 12.6. The van der Waals surface area contributed by atoms with E-state index in [1.807, 2.05) is 69.4 Å². The van der Waals surface area contributed by atoms with Gasteiger partial charge in [0.1, 0.15) is 0 Å². The van der Waals surface area contributed by atoms with Crippen molar-refractivity contribution in [3.63, 3.8) is 0 Å². The van der Waals surface area contributed by atoms with Gasteiger partial charge in [-0.05, 0) is 47.0 Å². The summed E-state index contributed by atoms with van der Waals surface area (Å²) in [6.45, 7) is 4.03. The largest absolute Gasteiger partial charge is 0.335 e. The zero-order chi connectivity index (χ0) is 14.7. The molecular formula is C17H18BrNO. The first-order chi connectivity index (χ1) is 9.52. The van der Waals surface area contributed by atoms with E-state index in [1.54, 1.807) is 4.90 Å². The highest BCUT2D eigenvalue weighted by Crippen LogP contribution is 2.26. The average molecular weight is 332 g/mol. The molecule has 0 heterocycles. The van der Waals surface area contributed by atoms with Crippen LogP contribution in [-0.2, 0) is 0 Å². The number of hydrogen-bond donors (Lipinski definition) is 0. The summed E-state index contributed by atoms with van der Waals surface area (Å²) in [5, 5.41) is 0. The first kappa shape index (κ1) is 14.8. The summed E-state index contributed by atoms with van der Waals surface area (Å²) in [5.74, 6) is 0.0249. The van der Waals surface area contributed by atoms with Crippen LogP contribution in [0.1, 0.15) is 34.5 Å². The summed E-state index contributed by atoms with van der Waals surface area (Å²) in [5.41, 5.74) is 2.90. The molecule has 2 nitrogen and oxygen atoms in total. The van der Waals surface area contributed by atoms with Gasteiger partial charge in [0.15, 0.2) is 0 Å². The lowest BCUT2D eigenvalue weighted by molar-refractivity contribution is 0.0741. The lowest BCUT2D eigenvalue weighted by Gasteiger charge is -2.26. The van der Waals surface area contributed by atoms with E-state index in [2.05, 4.69) is 15.9 Å². The van der Waals surface area contributed by atoms with Crippen LogP contribution in [0, 0.1) is 6.92 Å². The van der Waals surface area contributed by atoms with Crippen LogP contribution >= 0.6 is 15.9 Å². The number of nitrogens with zero attached hydrogens (tertiary/aromatic N) is 1. The second kappa shape index (κ2) is 6.23. The molecule has 1 unspecified atom stereocenters. The topological polar surface area (TPSA) is 20.3 Å². The number of halogens is 1. The molecule has 0 bridgehead atoms. The van der Waals surface area contributed by atoms with E-state index >= 15 is 0 Å². The van der Waals surface area contributed by atoms with Crippen molar-refractivity contribution in [2.45, 2.75) is 19.9 Å². The maximum Gasteiger partial charge on any atom is 0.255 e. The van der Waals surface area contributed by atoms with Gasteiger partial charge < -0.3 is 4.90 Å². The van der Waals surface area contributed by atoms with E-state index < -0.39 is 0 Å². The SMILES string of the molecule is Cc1cccc(C(=O)N(C)C(C)c2ccccc2)c1Br. The van der Waals surface area contributed by atoms with Crippen LogP contribution in [0.2, 0.25) is 0 Å². The summed E-state index contributed by atoms with van der Waals surface area (Å²) in [7, 11) is 1.84. The van der Waals surface area contributed by atoms with Crippen molar-refractivity contribution >= 4 is 21.8 Å². The molecule has 0 radical (unpaired) electrons. The molecule has 0 saturated carbocycles. The molecule has 104 valence electrons. The fourth-order valence-corrected chi connectivity index (χ4v) is 2.57. The van der Waals surface area contributed by atoms with Crippen LogP contribution in [0.3, 0.4) is 0 Å². The average Bonchev–Trinajstić information content (AvgIpc) is 2.48. The third-order valence-electron chi connectivity index (χ3n) is 3.61. The fraction of sp³-hybridized carbons (Fsp3) is 0.235. The van der Waals surface area contributed by atoms with E-state index in [9.17, 15) is 4.79 Å². The molecule has 0 aromatic heterocycles. The van der Waals surface area contributed by atoms with Crippen molar-refractivity contribution < 1.29 is 4.79 Å². The van der Waals surface area contributed by atoms with Crippen LogP contribution in [-0.4, -0.2) is 17.9 Å². The molecule has 0 aliphatic heterocycles. The van der Waals surface area contributed by atoms with Gasteiger partial charge in [0, 0.05) is 11.5 Å². The predicted octanol–water partition coefficient (Wildman–Crippen LogP) is 4.59. The molecule has 0 aliphatic rings. The van der Waals surface area contributed by atoms with E-state index in [1.165, 1.54) is 0 Å². The number of carbonyl (C=O) groups is 1. The Labute approximate surface area is 128 Å². The number of aryl methyl sites for hydroxylation is 1. The summed E-state index contributed by atoms with van der Waals surface area (Å²) in [6.07, 6.45) is 0. The zero-order valence-corrected chi connectivity index (χ0v) is 13.5. The smallest absolute Gasteiger partial charge is 0.255 e. The highest BCUT2D eigenvalue weighted by Gasteiger charge is 2.20. The molecule has 2 aromatic carbocycles. The number of amides is 1. The molecule has 1 amide bonds. The van der Waals surface area contributed by atoms with Crippen LogP contribution in [0.5, 0.6) is 0 Å². The highest BCUT2D eigenvalue weighted by molar-refractivity contribution is 9.10. The molecule has 2 rings (SSSR count). The Morgan fingerprint density at radius 2 is 1.75 bits per heavy atom. The van der Waals surface area contributed by atoms with Gasteiger partial charge in [0.05, 0.1) is 11.6 Å². The van der Waals surface area contributed by atoms with E-state index in [0.717, 1.165) is 15.6 Å². The van der Waals surface area contributed by atoms with E-state index in [4.69, 9.17) is 0 Å². The Morgan fingerprint density at radius 1 is 1.10 bits per heavy atom. The van der Waals surface area contributed by atoms with Crippen molar-refractivity contribution in [2.75, 3.05) is 7.05 Å². The minimum absolute atomic E-state index is 0.0249. The minimum atomic E-state index is 0.0249. The number of rotatable bonds is 3. The zero-order valence-electron chi connectivity index (χ0n) is 11.9. The Balaban J connectivity index is 2.27. The molecule has 0 spiro atoms. The van der Waals surface area contributed by atoms with Crippen LogP contribution in [0.4, 0.5) is 0 Å². The first-order valence-corrected chi connectivity index (χ1v) is 7.39. The Morgan fingerprint density at radius 3 is 2.40 bits per heavy atom. The van der Waals surface area contributed by atoms with E-state index in [-0.39, 0.29) is 11.9 Å². The Kier molecular flexibility index (Phi) is 4.61. The third-order valence-corrected chi connectivity index (χ3v) is 4.66. The summed E-state index contributed by atoms with van der Waals surface area (Å²) in [6, 6.07) is 15.8. The maximum absolute atomic E-state index is 12.6. The van der Waals surface area contributed by atoms with Gasteiger partial charge >= 0.3 is 0 Å². The second-order valence-corrected chi connectivity index (χ2v) is 5.73. The van der Waals surface area contributed by atoms with E-state index in [0.29, 0.717) is 5.56 Å². The molecule has 2 aromatic rings. The first-order valence-electron chi connectivity index (χ1n) is 6.59. The normalized spacial score (nSPS) is 12.0. The van der Waals surface area contributed by atoms with Crippen molar-refractivity contribution in [3.8, 4) is 0 Å². The van der Waals surface area contributed by atoms with Crippen molar-refractivity contribution in [1.29, 1.82) is 0 Å². The number of carbonyl (C=O) groups excluding carboxylic acids is 1. The van der Waals surface area contributed by atoms with Gasteiger partial charge in [-0.3, -0.25) is 4.79 Å². The molecule has 3 heteroatoms. The molecule has 0 fully saturated rings.